The van der Waals surface area contributed by atoms with E-state index in [1.165, 1.54) is 12.0 Å². The molecule has 1 aromatic heterocycles. The van der Waals surface area contributed by atoms with Crippen LogP contribution < -0.4 is 10.2 Å². The SMILES string of the molecule is COC(=O)C1=C(Nc2ccc(-c3csc(N4CCOCC4)n3)cc2)C(=O)N(CCO)C1. The lowest BCUT2D eigenvalue weighted by Gasteiger charge is -2.26. The molecule has 2 aliphatic rings. The van der Waals surface area contributed by atoms with Gasteiger partial charge in [0.25, 0.3) is 5.91 Å². The molecule has 1 fully saturated rings. The van der Waals surface area contributed by atoms with Gasteiger partial charge in [-0.25, -0.2) is 9.78 Å². The van der Waals surface area contributed by atoms with Crippen molar-refractivity contribution in [2.45, 2.75) is 0 Å². The summed E-state index contributed by atoms with van der Waals surface area (Å²) >= 11 is 1.61. The number of aliphatic hydroxyl groups is 1. The quantitative estimate of drug-likeness (QED) is 0.617. The minimum atomic E-state index is -0.564. The summed E-state index contributed by atoms with van der Waals surface area (Å²) < 4.78 is 10.2. The summed E-state index contributed by atoms with van der Waals surface area (Å²) in [5.74, 6) is -0.904. The molecule has 9 nitrogen and oxygen atoms in total. The number of hydrogen-bond donors (Lipinski definition) is 2. The number of thiazole rings is 1. The van der Waals surface area contributed by atoms with Crippen LogP contribution in [0.25, 0.3) is 11.3 Å². The van der Waals surface area contributed by atoms with E-state index in [2.05, 4.69) is 10.2 Å². The minimum absolute atomic E-state index is 0.107. The number of benzene rings is 1. The Bertz CT molecular complexity index is 982. The number of methoxy groups -OCH3 is 1. The van der Waals surface area contributed by atoms with Crippen LogP contribution in [-0.2, 0) is 19.1 Å². The topological polar surface area (TPSA) is 104 Å². The molecule has 4 rings (SSSR count). The number of carbonyl (C=O) groups is 2. The number of ether oxygens (including phenoxy) is 2. The van der Waals surface area contributed by atoms with Crippen molar-refractivity contribution in [2.24, 2.45) is 0 Å². The summed E-state index contributed by atoms with van der Waals surface area (Å²) in [5, 5.41) is 15.2. The Hall–Kier alpha value is -2.95. The van der Waals surface area contributed by atoms with Gasteiger partial charge in [-0.05, 0) is 12.1 Å². The predicted molar refractivity (Wildman–Crippen MR) is 117 cm³/mol. The van der Waals surface area contributed by atoms with E-state index in [0.29, 0.717) is 18.9 Å². The zero-order chi connectivity index (χ0) is 21.8. The monoisotopic (exact) mass is 444 g/mol. The van der Waals surface area contributed by atoms with Crippen molar-refractivity contribution in [3.8, 4) is 11.3 Å². The second-order valence-electron chi connectivity index (χ2n) is 7.11. The fraction of sp³-hybridized carbons (Fsp3) is 0.381. The first-order valence-corrected chi connectivity index (χ1v) is 10.9. The Labute approximate surface area is 183 Å². The third-order valence-corrected chi connectivity index (χ3v) is 6.08. The van der Waals surface area contributed by atoms with E-state index >= 15 is 0 Å². The van der Waals surface area contributed by atoms with Crippen LogP contribution in [0.2, 0.25) is 0 Å². The van der Waals surface area contributed by atoms with Gasteiger partial charge in [0.05, 0.1) is 44.7 Å². The van der Waals surface area contributed by atoms with Gasteiger partial charge in [0.1, 0.15) is 5.70 Å². The maximum absolute atomic E-state index is 12.6. The van der Waals surface area contributed by atoms with Gasteiger partial charge in [-0.3, -0.25) is 4.79 Å². The molecule has 3 heterocycles. The van der Waals surface area contributed by atoms with Crippen molar-refractivity contribution in [3.63, 3.8) is 0 Å². The lowest BCUT2D eigenvalue weighted by Crippen LogP contribution is -2.36. The van der Waals surface area contributed by atoms with E-state index in [-0.39, 0.29) is 36.9 Å². The van der Waals surface area contributed by atoms with Gasteiger partial charge in [0.15, 0.2) is 5.13 Å². The molecule has 1 aromatic carbocycles. The number of carbonyl (C=O) groups excluding carboxylic acids is 2. The van der Waals surface area contributed by atoms with Crippen LogP contribution in [0.15, 0.2) is 40.9 Å². The molecule has 0 spiro atoms. The number of nitrogens with one attached hydrogen (secondary N) is 1. The van der Waals surface area contributed by atoms with Crippen molar-refractivity contribution >= 4 is 34.0 Å². The van der Waals surface area contributed by atoms with E-state index in [1.54, 1.807) is 11.3 Å². The van der Waals surface area contributed by atoms with Gasteiger partial charge in [0.2, 0.25) is 0 Å². The number of nitrogens with zero attached hydrogens (tertiary/aromatic N) is 3. The van der Waals surface area contributed by atoms with Crippen molar-refractivity contribution in [2.75, 3.05) is 63.3 Å². The van der Waals surface area contributed by atoms with Crippen molar-refractivity contribution in [3.05, 3.63) is 40.9 Å². The number of rotatable bonds is 7. The fourth-order valence-corrected chi connectivity index (χ4v) is 4.40. The highest BCUT2D eigenvalue weighted by Gasteiger charge is 2.34. The fourth-order valence-electron chi connectivity index (χ4n) is 3.51. The van der Waals surface area contributed by atoms with Gasteiger partial charge >= 0.3 is 5.97 Å². The number of aliphatic hydroxyl groups excluding tert-OH is 1. The first-order chi connectivity index (χ1) is 15.1. The highest BCUT2D eigenvalue weighted by molar-refractivity contribution is 7.14. The molecule has 0 atom stereocenters. The molecule has 31 heavy (non-hydrogen) atoms. The van der Waals surface area contributed by atoms with E-state index < -0.39 is 5.97 Å². The van der Waals surface area contributed by atoms with E-state index in [1.807, 2.05) is 29.6 Å². The first kappa shape index (κ1) is 21.3. The summed E-state index contributed by atoms with van der Waals surface area (Å²) in [7, 11) is 1.28. The number of esters is 1. The lowest BCUT2D eigenvalue weighted by atomic mass is 10.1. The molecule has 1 saturated heterocycles. The zero-order valence-electron chi connectivity index (χ0n) is 17.2. The number of anilines is 2. The molecule has 2 aromatic rings. The number of amides is 1. The molecule has 0 aliphatic carbocycles. The third kappa shape index (κ3) is 4.55. The van der Waals surface area contributed by atoms with Gasteiger partial charge < -0.3 is 29.7 Å². The summed E-state index contributed by atoms with van der Waals surface area (Å²) in [6, 6.07) is 7.52. The number of aromatic nitrogens is 1. The molecule has 0 bridgehead atoms. The van der Waals surface area contributed by atoms with Gasteiger partial charge in [0, 0.05) is 36.3 Å². The lowest BCUT2D eigenvalue weighted by molar-refractivity contribution is -0.136. The number of morpholine rings is 1. The molecular formula is C21H24N4O5S. The molecule has 2 aliphatic heterocycles. The number of β-amino-alcohol motifs (C(OH)–C–C–N with tert-alkyl or cyclic N) is 1. The highest BCUT2D eigenvalue weighted by Crippen LogP contribution is 2.29. The summed E-state index contributed by atoms with van der Waals surface area (Å²) in [6.45, 7) is 3.19. The smallest absolute Gasteiger partial charge is 0.337 e. The maximum Gasteiger partial charge on any atom is 0.337 e. The summed E-state index contributed by atoms with van der Waals surface area (Å²) in [5.41, 5.74) is 2.95. The normalized spacial score (nSPS) is 16.8. The highest BCUT2D eigenvalue weighted by atomic mass is 32.1. The molecule has 164 valence electrons. The van der Waals surface area contributed by atoms with E-state index in [9.17, 15) is 9.59 Å². The van der Waals surface area contributed by atoms with Crippen molar-refractivity contribution < 1.29 is 24.2 Å². The van der Waals surface area contributed by atoms with E-state index in [4.69, 9.17) is 19.6 Å². The number of hydrogen-bond acceptors (Lipinski definition) is 9. The average molecular weight is 445 g/mol. The zero-order valence-corrected chi connectivity index (χ0v) is 18.0. The molecule has 10 heteroatoms. The Morgan fingerprint density at radius 2 is 2.03 bits per heavy atom. The molecule has 0 radical (unpaired) electrons. The Balaban J connectivity index is 1.49. The van der Waals surface area contributed by atoms with Crippen LogP contribution in [0.5, 0.6) is 0 Å². The largest absolute Gasteiger partial charge is 0.466 e. The van der Waals surface area contributed by atoms with Crippen LogP contribution in [0.4, 0.5) is 10.8 Å². The molecule has 1 amide bonds. The van der Waals surface area contributed by atoms with Crippen LogP contribution in [0, 0.1) is 0 Å². The minimum Gasteiger partial charge on any atom is -0.466 e. The van der Waals surface area contributed by atoms with Crippen LogP contribution in [0.3, 0.4) is 0 Å². The predicted octanol–water partition coefficient (Wildman–Crippen LogP) is 1.32. The summed E-state index contributed by atoms with van der Waals surface area (Å²) in [6.07, 6.45) is 0. The van der Waals surface area contributed by atoms with E-state index in [0.717, 1.165) is 29.5 Å². The summed E-state index contributed by atoms with van der Waals surface area (Å²) in [4.78, 5) is 33.1. The first-order valence-electron chi connectivity index (χ1n) is 9.98. The Morgan fingerprint density at radius 1 is 1.29 bits per heavy atom. The van der Waals surface area contributed by atoms with Crippen LogP contribution in [-0.4, -0.2) is 80.0 Å². The second-order valence-corrected chi connectivity index (χ2v) is 7.95. The maximum atomic E-state index is 12.6. The van der Waals surface area contributed by atoms with Crippen molar-refractivity contribution in [1.29, 1.82) is 0 Å². The standard InChI is InChI=1S/C21H24N4O5S/c1-29-20(28)16-12-25(6-9-26)19(27)18(16)22-15-4-2-14(3-5-15)17-13-31-21(23-17)24-7-10-30-11-8-24/h2-5,13,22,26H,6-12H2,1H3. The van der Waals surface area contributed by atoms with Crippen LogP contribution in [0.1, 0.15) is 0 Å². The Kier molecular flexibility index (Phi) is 6.50. The van der Waals surface area contributed by atoms with Gasteiger partial charge in [-0.2, -0.15) is 0 Å². The molecule has 0 unspecified atom stereocenters. The van der Waals surface area contributed by atoms with Gasteiger partial charge in [-0.15, -0.1) is 11.3 Å². The van der Waals surface area contributed by atoms with Crippen LogP contribution >= 0.6 is 11.3 Å². The molecule has 0 saturated carbocycles. The molecular weight excluding hydrogens is 420 g/mol. The average Bonchev–Trinajstić information content (AvgIpc) is 3.41. The Morgan fingerprint density at radius 3 is 2.71 bits per heavy atom. The van der Waals surface area contributed by atoms with Crippen molar-refractivity contribution in [1.82, 2.24) is 9.88 Å². The molecule has 2 N–H and O–H groups in total. The second kappa shape index (κ2) is 9.46. The van der Waals surface area contributed by atoms with Gasteiger partial charge in [-0.1, -0.05) is 12.1 Å². The third-order valence-electron chi connectivity index (χ3n) is 5.18.